The number of Topliss-reactive ketones (excluding diaryl/α,β-unsaturated/α-hetero) is 1. The van der Waals surface area contributed by atoms with Crippen molar-refractivity contribution in [3.63, 3.8) is 0 Å². The average Bonchev–Trinajstić information content (AvgIpc) is 2.96. The molecule has 3 aromatic rings. The Morgan fingerprint density at radius 1 is 1.04 bits per heavy atom. The lowest BCUT2D eigenvalue weighted by Gasteiger charge is -2.09. The van der Waals surface area contributed by atoms with E-state index < -0.39 is 17.5 Å². The summed E-state index contributed by atoms with van der Waals surface area (Å²) in [6.45, 7) is 0. The quantitative estimate of drug-likeness (QED) is 0.393. The Labute approximate surface area is 154 Å². The Hall–Kier alpha value is -1.83. The van der Waals surface area contributed by atoms with E-state index in [1.165, 1.54) is 24.1 Å². The number of H-pyrrole nitrogens is 1. The third-order valence-corrected chi connectivity index (χ3v) is 4.83. The maximum atomic E-state index is 12.4. The molecule has 0 unspecified atom stereocenters. The van der Waals surface area contributed by atoms with E-state index in [2.05, 4.69) is 9.71 Å². The van der Waals surface area contributed by atoms with Gasteiger partial charge in [-0.3, -0.25) is 4.79 Å². The van der Waals surface area contributed by atoms with Gasteiger partial charge >= 0.3 is 6.18 Å². The summed E-state index contributed by atoms with van der Waals surface area (Å²) in [7, 11) is 0. The standard InChI is InChI=1S/C16H9Cl2F3N2OS/c17-10-5-6-12(14-13(10)11(18)7-22-14)23-25-9-3-1-8(2-4-9)15(24)16(19,20)21/h1-7,22-23H. The maximum Gasteiger partial charge on any atom is 0.454 e. The summed E-state index contributed by atoms with van der Waals surface area (Å²) in [6.07, 6.45) is -3.26. The molecule has 2 aromatic carbocycles. The number of alkyl halides is 3. The second-order valence-electron chi connectivity index (χ2n) is 5.04. The smallest absolute Gasteiger partial charge is 0.358 e. The van der Waals surface area contributed by atoms with Crippen LogP contribution in [0.1, 0.15) is 10.4 Å². The van der Waals surface area contributed by atoms with Gasteiger partial charge < -0.3 is 9.71 Å². The van der Waals surface area contributed by atoms with Crippen LogP contribution in [-0.4, -0.2) is 16.9 Å². The van der Waals surface area contributed by atoms with Gasteiger partial charge in [-0.1, -0.05) is 23.2 Å². The number of halogens is 5. The lowest BCUT2D eigenvalue weighted by molar-refractivity contribution is -0.0885. The fourth-order valence-electron chi connectivity index (χ4n) is 2.21. The van der Waals surface area contributed by atoms with Gasteiger partial charge in [0.25, 0.3) is 5.78 Å². The molecule has 0 atom stereocenters. The first-order chi connectivity index (χ1) is 11.8. The number of ketones is 1. The number of nitrogens with one attached hydrogen (secondary N) is 2. The predicted molar refractivity (Wildman–Crippen MR) is 94.6 cm³/mol. The van der Waals surface area contributed by atoms with Gasteiger partial charge in [-0.05, 0) is 48.3 Å². The summed E-state index contributed by atoms with van der Waals surface area (Å²) < 4.78 is 40.3. The largest absolute Gasteiger partial charge is 0.454 e. The van der Waals surface area contributed by atoms with E-state index in [0.717, 1.165) is 12.1 Å². The van der Waals surface area contributed by atoms with Crippen LogP contribution in [0.15, 0.2) is 47.5 Å². The molecule has 1 heterocycles. The van der Waals surface area contributed by atoms with Gasteiger partial charge in [-0.2, -0.15) is 13.2 Å². The zero-order chi connectivity index (χ0) is 18.2. The summed E-state index contributed by atoms with van der Waals surface area (Å²) >= 11 is 13.4. The van der Waals surface area contributed by atoms with Crippen molar-refractivity contribution >= 4 is 57.5 Å². The van der Waals surface area contributed by atoms with Gasteiger partial charge in [-0.25, -0.2) is 0 Å². The van der Waals surface area contributed by atoms with Crippen molar-refractivity contribution in [2.75, 3.05) is 4.72 Å². The highest BCUT2D eigenvalue weighted by atomic mass is 35.5. The second-order valence-corrected chi connectivity index (χ2v) is 6.73. The van der Waals surface area contributed by atoms with Gasteiger partial charge in [0.15, 0.2) is 0 Å². The number of benzene rings is 2. The number of anilines is 1. The third kappa shape index (κ3) is 3.73. The zero-order valence-corrected chi connectivity index (χ0v) is 14.6. The van der Waals surface area contributed by atoms with Gasteiger partial charge in [-0.15, -0.1) is 0 Å². The van der Waals surface area contributed by atoms with Gasteiger partial charge in [0.05, 0.1) is 21.2 Å². The van der Waals surface area contributed by atoms with Crippen molar-refractivity contribution in [1.29, 1.82) is 0 Å². The first-order valence-corrected chi connectivity index (χ1v) is 8.44. The Kier molecular flexibility index (Phi) is 4.90. The van der Waals surface area contributed by atoms with Crippen LogP contribution in [0.3, 0.4) is 0 Å². The molecule has 25 heavy (non-hydrogen) atoms. The molecule has 2 N–H and O–H groups in total. The number of carbonyl (C=O) groups excluding carboxylic acids is 1. The van der Waals surface area contributed by atoms with Gasteiger partial charge in [0, 0.05) is 22.0 Å². The molecule has 1 aromatic heterocycles. The van der Waals surface area contributed by atoms with E-state index in [9.17, 15) is 18.0 Å². The molecular weight excluding hydrogens is 396 g/mol. The SMILES string of the molecule is O=C(c1ccc(SNc2ccc(Cl)c3c(Cl)c[nH]c23)cc1)C(F)(F)F. The maximum absolute atomic E-state index is 12.4. The lowest BCUT2D eigenvalue weighted by Crippen LogP contribution is -2.22. The molecule has 0 saturated carbocycles. The molecule has 0 spiro atoms. The van der Waals surface area contributed by atoms with Crippen molar-refractivity contribution in [2.45, 2.75) is 11.1 Å². The van der Waals surface area contributed by atoms with E-state index in [4.69, 9.17) is 23.2 Å². The number of aromatic nitrogens is 1. The summed E-state index contributed by atoms with van der Waals surface area (Å²) in [5.74, 6) is -1.86. The van der Waals surface area contributed by atoms with Gasteiger partial charge in [0.2, 0.25) is 0 Å². The predicted octanol–water partition coefficient (Wildman–Crippen LogP) is 6.34. The van der Waals surface area contributed by atoms with Crippen LogP contribution in [0.4, 0.5) is 18.9 Å². The van der Waals surface area contributed by atoms with Crippen LogP contribution in [0.25, 0.3) is 10.9 Å². The van der Waals surface area contributed by atoms with Crippen molar-refractivity contribution in [2.24, 2.45) is 0 Å². The molecule has 0 aliphatic heterocycles. The highest BCUT2D eigenvalue weighted by molar-refractivity contribution is 8.00. The average molecular weight is 405 g/mol. The van der Waals surface area contributed by atoms with Crippen LogP contribution in [0.5, 0.6) is 0 Å². The summed E-state index contributed by atoms with van der Waals surface area (Å²) in [5.41, 5.74) is 1.03. The summed E-state index contributed by atoms with van der Waals surface area (Å²) in [6, 6.07) is 8.60. The number of fused-ring (bicyclic) bond motifs is 1. The van der Waals surface area contributed by atoms with Gasteiger partial charge in [0.1, 0.15) is 0 Å². The Morgan fingerprint density at radius 3 is 2.36 bits per heavy atom. The third-order valence-electron chi connectivity index (χ3n) is 3.39. The van der Waals surface area contributed by atoms with E-state index in [0.29, 0.717) is 31.5 Å². The fourth-order valence-corrected chi connectivity index (χ4v) is 3.43. The molecule has 0 bridgehead atoms. The van der Waals surface area contributed by atoms with E-state index in [1.807, 2.05) is 0 Å². The molecule has 9 heteroatoms. The zero-order valence-electron chi connectivity index (χ0n) is 12.2. The number of carbonyl (C=O) groups is 1. The molecule has 0 aliphatic carbocycles. The molecule has 0 fully saturated rings. The minimum Gasteiger partial charge on any atom is -0.358 e. The highest BCUT2D eigenvalue weighted by Crippen LogP contribution is 2.36. The number of hydrogen-bond acceptors (Lipinski definition) is 3. The molecular formula is C16H9Cl2F3N2OS. The number of aromatic amines is 1. The van der Waals surface area contributed by atoms with Crippen LogP contribution in [0, 0.1) is 0 Å². The fraction of sp³-hybridized carbons (Fsp3) is 0.0625. The lowest BCUT2D eigenvalue weighted by atomic mass is 10.1. The van der Waals surface area contributed by atoms with Crippen LogP contribution in [-0.2, 0) is 0 Å². The Morgan fingerprint density at radius 2 is 1.72 bits per heavy atom. The Balaban J connectivity index is 1.77. The first kappa shape index (κ1) is 18.0. The second kappa shape index (κ2) is 6.82. The highest BCUT2D eigenvalue weighted by Gasteiger charge is 2.39. The van der Waals surface area contributed by atoms with Crippen molar-refractivity contribution in [3.8, 4) is 0 Å². The molecule has 0 amide bonds. The van der Waals surface area contributed by atoms with Crippen LogP contribution < -0.4 is 4.72 Å². The number of rotatable bonds is 4. The Bertz CT molecular complexity index is 939. The molecule has 3 rings (SSSR count). The molecule has 0 radical (unpaired) electrons. The monoisotopic (exact) mass is 404 g/mol. The molecule has 0 saturated heterocycles. The first-order valence-electron chi connectivity index (χ1n) is 6.87. The molecule has 130 valence electrons. The summed E-state index contributed by atoms with van der Waals surface area (Å²) in [5, 5.41) is 1.68. The van der Waals surface area contributed by atoms with E-state index >= 15 is 0 Å². The van der Waals surface area contributed by atoms with Crippen LogP contribution in [0.2, 0.25) is 10.0 Å². The van der Waals surface area contributed by atoms with E-state index in [1.54, 1.807) is 18.3 Å². The van der Waals surface area contributed by atoms with Crippen LogP contribution >= 0.6 is 35.1 Å². The molecule has 3 nitrogen and oxygen atoms in total. The molecule has 0 aliphatic rings. The van der Waals surface area contributed by atoms with Crippen molar-refractivity contribution in [3.05, 3.63) is 58.2 Å². The van der Waals surface area contributed by atoms with E-state index in [-0.39, 0.29) is 0 Å². The normalized spacial score (nSPS) is 11.7. The number of hydrogen-bond donors (Lipinski definition) is 2. The topological polar surface area (TPSA) is 44.9 Å². The minimum absolute atomic E-state index is 0.401. The van der Waals surface area contributed by atoms with Crippen molar-refractivity contribution < 1.29 is 18.0 Å². The minimum atomic E-state index is -4.88. The summed E-state index contributed by atoms with van der Waals surface area (Å²) in [4.78, 5) is 14.8. The van der Waals surface area contributed by atoms with Crippen molar-refractivity contribution in [1.82, 2.24) is 4.98 Å².